The van der Waals surface area contributed by atoms with E-state index in [0.29, 0.717) is 0 Å². The molecule has 0 aromatic rings. The van der Waals surface area contributed by atoms with Gasteiger partial charge in [0, 0.05) is 6.54 Å². The van der Waals surface area contributed by atoms with E-state index in [9.17, 15) is 0 Å². The molecule has 62 valence electrons. The SMILES string of the molecule is ONCCCCCCCS. The summed E-state index contributed by atoms with van der Waals surface area (Å²) in [5, 5.41) is 8.21. The highest BCUT2D eigenvalue weighted by Gasteiger charge is 1.87. The van der Waals surface area contributed by atoms with Crippen molar-refractivity contribution in [3.8, 4) is 0 Å². The molecule has 0 aliphatic rings. The molecule has 0 fully saturated rings. The molecule has 0 saturated heterocycles. The normalized spacial score (nSPS) is 10.2. The molecule has 0 atom stereocenters. The van der Waals surface area contributed by atoms with E-state index in [1.165, 1.54) is 25.7 Å². The minimum atomic E-state index is 0.723. The zero-order valence-electron chi connectivity index (χ0n) is 6.34. The van der Waals surface area contributed by atoms with E-state index >= 15 is 0 Å². The van der Waals surface area contributed by atoms with Crippen molar-refractivity contribution in [2.24, 2.45) is 0 Å². The second kappa shape index (κ2) is 9.27. The van der Waals surface area contributed by atoms with Crippen molar-refractivity contribution in [3.63, 3.8) is 0 Å². The fraction of sp³-hybridized carbons (Fsp3) is 1.00. The number of hydroxylamine groups is 1. The van der Waals surface area contributed by atoms with Gasteiger partial charge in [0.25, 0.3) is 0 Å². The molecular formula is C7H17NOS. The highest BCUT2D eigenvalue weighted by molar-refractivity contribution is 7.80. The molecule has 0 spiro atoms. The van der Waals surface area contributed by atoms with Crippen molar-refractivity contribution in [1.29, 1.82) is 0 Å². The highest BCUT2D eigenvalue weighted by atomic mass is 32.1. The second-order valence-corrected chi connectivity index (χ2v) is 2.85. The third-order valence-corrected chi connectivity index (χ3v) is 1.76. The third kappa shape index (κ3) is 8.27. The van der Waals surface area contributed by atoms with Crippen LogP contribution in [-0.4, -0.2) is 17.5 Å². The Hall–Kier alpha value is 0.270. The lowest BCUT2D eigenvalue weighted by atomic mass is 10.2. The average Bonchev–Trinajstić information content (AvgIpc) is 1.97. The minimum absolute atomic E-state index is 0.723. The first-order valence-electron chi connectivity index (χ1n) is 3.89. The number of hydrogen-bond acceptors (Lipinski definition) is 3. The Morgan fingerprint density at radius 1 is 1.00 bits per heavy atom. The van der Waals surface area contributed by atoms with E-state index in [2.05, 4.69) is 18.1 Å². The Morgan fingerprint density at radius 3 is 2.20 bits per heavy atom. The molecule has 0 amide bonds. The molecule has 2 N–H and O–H groups in total. The molecule has 0 heterocycles. The van der Waals surface area contributed by atoms with E-state index in [4.69, 9.17) is 5.21 Å². The maximum absolute atomic E-state index is 8.21. The molecule has 0 unspecified atom stereocenters. The van der Waals surface area contributed by atoms with Crippen LogP contribution >= 0.6 is 12.6 Å². The van der Waals surface area contributed by atoms with E-state index in [1.54, 1.807) is 0 Å². The molecule has 0 rings (SSSR count). The predicted molar refractivity (Wildman–Crippen MR) is 46.7 cm³/mol. The van der Waals surface area contributed by atoms with Gasteiger partial charge < -0.3 is 5.21 Å². The van der Waals surface area contributed by atoms with Gasteiger partial charge in [-0.1, -0.05) is 19.3 Å². The Kier molecular flexibility index (Phi) is 9.52. The van der Waals surface area contributed by atoms with Crippen LogP contribution in [0.2, 0.25) is 0 Å². The van der Waals surface area contributed by atoms with Gasteiger partial charge in [0.15, 0.2) is 0 Å². The fourth-order valence-electron chi connectivity index (χ4n) is 0.846. The van der Waals surface area contributed by atoms with Crippen LogP contribution in [0.15, 0.2) is 0 Å². The highest BCUT2D eigenvalue weighted by Crippen LogP contribution is 2.02. The summed E-state index contributed by atoms with van der Waals surface area (Å²) in [4.78, 5) is 0. The van der Waals surface area contributed by atoms with Gasteiger partial charge in [-0.15, -0.1) is 0 Å². The largest absolute Gasteiger partial charge is 0.317 e. The standard InChI is InChI=1S/C7H17NOS/c9-8-6-4-2-1-3-5-7-10/h8-10H,1-7H2. The first-order chi connectivity index (χ1) is 4.91. The molecule has 0 aromatic carbocycles. The number of hydrogen-bond donors (Lipinski definition) is 3. The Morgan fingerprint density at radius 2 is 1.60 bits per heavy atom. The van der Waals surface area contributed by atoms with E-state index < -0.39 is 0 Å². The lowest BCUT2D eigenvalue weighted by Crippen LogP contribution is -2.07. The van der Waals surface area contributed by atoms with Crippen LogP contribution in [0.25, 0.3) is 0 Å². The van der Waals surface area contributed by atoms with Gasteiger partial charge in [-0.25, -0.2) is 5.48 Å². The van der Waals surface area contributed by atoms with E-state index in [1.807, 2.05) is 0 Å². The number of unbranched alkanes of at least 4 members (excludes halogenated alkanes) is 4. The summed E-state index contributed by atoms with van der Waals surface area (Å²) >= 11 is 4.11. The molecular weight excluding hydrogens is 146 g/mol. The minimum Gasteiger partial charge on any atom is -0.317 e. The van der Waals surface area contributed by atoms with Crippen molar-refractivity contribution in [2.75, 3.05) is 12.3 Å². The van der Waals surface area contributed by atoms with Crippen LogP contribution in [-0.2, 0) is 0 Å². The molecule has 0 radical (unpaired) electrons. The van der Waals surface area contributed by atoms with Crippen LogP contribution in [0.3, 0.4) is 0 Å². The summed E-state index contributed by atoms with van der Waals surface area (Å²) in [5.41, 5.74) is 2.14. The fourth-order valence-corrected chi connectivity index (χ4v) is 1.07. The van der Waals surface area contributed by atoms with E-state index in [0.717, 1.165) is 18.7 Å². The molecule has 0 aromatic heterocycles. The lowest BCUT2D eigenvalue weighted by molar-refractivity contribution is 0.164. The molecule has 0 aliphatic heterocycles. The van der Waals surface area contributed by atoms with Gasteiger partial charge >= 0.3 is 0 Å². The molecule has 2 nitrogen and oxygen atoms in total. The molecule has 0 saturated carbocycles. The van der Waals surface area contributed by atoms with E-state index in [-0.39, 0.29) is 0 Å². The summed E-state index contributed by atoms with van der Waals surface area (Å²) in [6.45, 7) is 0.723. The van der Waals surface area contributed by atoms with Gasteiger partial charge in [0.2, 0.25) is 0 Å². The van der Waals surface area contributed by atoms with Gasteiger partial charge in [-0.05, 0) is 18.6 Å². The first kappa shape index (κ1) is 10.3. The maximum atomic E-state index is 8.21. The van der Waals surface area contributed by atoms with Crippen LogP contribution in [0, 0.1) is 0 Å². The summed E-state index contributed by atoms with van der Waals surface area (Å²) in [5.74, 6) is 0.998. The van der Waals surface area contributed by atoms with Crippen molar-refractivity contribution < 1.29 is 5.21 Å². The lowest BCUT2D eigenvalue weighted by Gasteiger charge is -1.98. The van der Waals surface area contributed by atoms with Gasteiger partial charge in [0.05, 0.1) is 0 Å². The first-order valence-corrected chi connectivity index (χ1v) is 4.53. The Bertz CT molecular complexity index is 53.6. The zero-order valence-corrected chi connectivity index (χ0v) is 7.24. The predicted octanol–water partition coefficient (Wildman–Crippen LogP) is 1.85. The van der Waals surface area contributed by atoms with Gasteiger partial charge in [0.1, 0.15) is 0 Å². The van der Waals surface area contributed by atoms with Gasteiger partial charge in [-0.2, -0.15) is 12.6 Å². The van der Waals surface area contributed by atoms with Crippen LogP contribution in [0.4, 0.5) is 0 Å². The second-order valence-electron chi connectivity index (χ2n) is 2.40. The van der Waals surface area contributed by atoms with Crippen molar-refractivity contribution >= 4 is 12.6 Å². The smallest absolute Gasteiger partial charge is 0.0207 e. The maximum Gasteiger partial charge on any atom is 0.0207 e. The van der Waals surface area contributed by atoms with Crippen LogP contribution in [0.5, 0.6) is 0 Å². The van der Waals surface area contributed by atoms with Crippen molar-refractivity contribution in [2.45, 2.75) is 32.1 Å². The molecule has 0 aliphatic carbocycles. The topological polar surface area (TPSA) is 32.3 Å². The third-order valence-electron chi connectivity index (χ3n) is 1.45. The monoisotopic (exact) mass is 163 g/mol. The van der Waals surface area contributed by atoms with Gasteiger partial charge in [-0.3, -0.25) is 0 Å². The number of thiol groups is 1. The molecule has 3 heteroatoms. The van der Waals surface area contributed by atoms with Crippen molar-refractivity contribution in [1.82, 2.24) is 5.48 Å². The summed E-state index contributed by atoms with van der Waals surface area (Å²) < 4.78 is 0. The molecule has 0 bridgehead atoms. The Balaban J connectivity index is 2.65. The zero-order chi connectivity index (χ0) is 7.66. The summed E-state index contributed by atoms with van der Waals surface area (Å²) in [6.07, 6.45) is 6.04. The Labute approximate surface area is 68.4 Å². The number of rotatable bonds is 7. The van der Waals surface area contributed by atoms with Crippen molar-refractivity contribution in [3.05, 3.63) is 0 Å². The average molecular weight is 163 g/mol. The number of nitrogens with one attached hydrogen (secondary N) is 1. The molecule has 10 heavy (non-hydrogen) atoms. The summed E-state index contributed by atoms with van der Waals surface area (Å²) in [7, 11) is 0. The van der Waals surface area contributed by atoms with Crippen LogP contribution < -0.4 is 5.48 Å². The summed E-state index contributed by atoms with van der Waals surface area (Å²) in [6, 6.07) is 0. The van der Waals surface area contributed by atoms with Crippen LogP contribution in [0.1, 0.15) is 32.1 Å². The quantitative estimate of drug-likeness (QED) is 0.304.